The van der Waals surface area contributed by atoms with Gasteiger partial charge in [0.25, 0.3) is 0 Å². The SMILES string of the molecule is Cc1cc(Cl)cc(NCc2cnc(Cl)s2)c1O. The molecule has 2 aromatic rings. The number of nitrogens with zero attached hydrogens (tertiary/aromatic N) is 1. The number of aromatic nitrogens is 1. The van der Waals surface area contributed by atoms with Gasteiger partial charge in [-0.15, -0.1) is 11.3 Å². The van der Waals surface area contributed by atoms with Crippen molar-refractivity contribution in [1.29, 1.82) is 0 Å². The van der Waals surface area contributed by atoms with Gasteiger partial charge in [-0.1, -0.05) is 23.2 Å². The fourth-order valence-electron chi connectivity index (χ4n) is 1.42. The number of aromatic hydroxyl groups is 1. The molecule has 1 aromatic carbocycles. The summed E-state index contributed by atoms with van der Waals surface area (Å²) in [6.45, 7) is 2.35. The molecular weight excluding hydrogens is 279 g/mol. The summed E-state index contributed by atoms with van der Waals surface area (Å²) in [5.41, 5.74) is 1.35. The molecule has 0 aliphatic carbocycles. The zero-order valence-corrected chi connectivity index (χ0v) is 11.3. The standard InChI is InChI=1S/C11H10Cl2N2OS/c1-6-2-7(12)3-9(10(6)16)14-4-8-5-15-11(13)17-8/h2-3,5,14,16H,4H2,1H3. The minimum atomic E-state index is 0.213. The smallest absolute Gasteiger partial charge is 0.183 e. The van der Waals surface area contributed by atoms with E-state index in [1.165, 1.54) is 11.3 Å². The Morgan fingerprint density at radius 1 is 1.41 bits per heavy atom. The maximum Gasteiger partial charge on any atom is 0.183 e. The minimum Gasteiger partial charge on any atom is -0.506 e. The van der Waals surface area contributed by atoms with Crippen molar-refractivity contribution in [1.82, 2.24) is 4.98 Å². The Bertz CT molecular complexity index is 542. The first-order valence-corrected chi connectivity index (χ1v) is 6.46. The number of hydrogen-bond acceptors (Lipinski definition) is 4. The highest BCUT2D eigenvalue weighted by Crippen LogP contribution is 2.31. The molecule has 17 heavy (non-hydrogen) atoms. The zero-order valence-electron chi connectivity index (χ0n) is 9.00. The molecule has 0 aliphatic heterocycles. The molecule has 0 saturated heterocycles. The third-order valence-electron chi connectivity index (χ3n) is 2.24. The Morgan fingerprint density at radius 3 is 2.82 bits per heavy atom. The molecule has 0 fully saturated rings. The van der Waals surface area contributed by atoms with Crippen molar-refractivity contribution in [2.75, 3.05) is 5.32 Å². The number of anilines is 1. The van der Waals surface area contributed by atoms with Crippen molar-refractivity contribution in [2.45, 2.75) is 13.5 Å². The van der Waals surface area contributed by atoms with E-state index in [1.54, 1.807) is 25.3 Å². The number of benzene rings is 1. The number of thiazole rings is 1. The van der Waals surface area contributed by atoms with Crippen LogP contribution in [-0.2, 0) is 6.54 Å². The molecule has 0 unspecified atom stereocenters. The molecule has 0 saturated carbocycles. The molecule has 3 nitrogen and oxygen atoms in total. The molecule has 6 heteroatoms. The number of phenolic OH excluding ortho intramolecular Hbond substituents is 1. The summed E-state index contributed by atoms with van der Waals surface area (Å²) in [6, 6.07) is 3.40. The zero-order chi connectivity index (χ0) is 12.4. The highest BCUT2D eigenvalue weighted by Gasteiger charge is 2.07. The van der Waals surface area contributed by atoms with Crippen molar-refractivity contribution in [3.63, 3.8) is 0 Å². The van der Waals surface area contributed by atoms with Gasteiger partial charge < -0.3 is 10.4 Å². The number of hydrogen-bond donors (Lipinski definition) is 2. The van der Waals surface area contributed by atoms with E-state index in [2.05, 4.69) is 10.3 Å². The highest BCUT2D eigenvalue weighted by molar-refractivity contribution is 7.15. The summed E-state index contributed by atoms with van der Waals surface area (Å²) in [5.74, 6) is 0.213. The number of aryl methyl sites for hydroxylation is 1. The van der Waals surface area contributed by atoms with Crippen molar-refractivity contribution in [3.8, 4) is 5.75 Å². The van der Waals surface area contributed by atoms with E-state index >= 15 is 0 Å². The van der Waals surface area contributed by atoms with Gasteiger partial charge in [-0.2, -0.15) is 0 Å². The first-order chi connectivity index (χ1) is 8.06. The van der Waals surface area contributed by atoms with E-state index in [0.29, 0.717) is 21.7 Å². The van der Waals surface area contributed by atoms with Crippen molar-refractivity contribution >= 4 is 40.2 Å². The summed E-state index contributed by atoms with van der Waals surface area (Å²) in [4.78, 5) is 4.93. The lowest BCUT2D eigenvalue weighted by Crippen LogP contribution is -1.98. The van der Waals surface area contributed by atoms with E-state index < -0.39 is 0 Å². The van der Waals surface area contributed by atoms with Crippen LogP contribution in [0.5, 0.6) is 5.75 Å². The minimum absolute atomic E-state index is 0.213. The van der Waals surface area contributed by atoms with Gasteiger partial charge in [-0.05, 0) is 24.6 Å². The molecule has 1 aromatic heterocycles. The summed E-state index contributed by atoms with van der Waals surface area (Å²) < 4.78 is 0.508. The van der Waals surface area contributed by atoms with Crippen LogP contribution in [0.15, 0.2) is 18.3 Å². The van der Waals surface area contributed by atoms with Crippen LogP contribution in [0, 0.1) is 6.92 Å². The number of rotatable bonds is 3. The quantitative estimate of drug-likeness (QED) is 0.837. The molecule has 0 amide bonds. The van der Waals surface area contributed by atoms with Gasteiger partial charge in [0.05, 0.1) is 12.2 Å². The molecule has 2 rings (SSSR count). The largest absolute Gasteiger partial charge is 0.506 e. The molecule has 90 valence electrons. The summed E-state index contributed by atoms with van der Waals surface area (Å²) in [5, 5.41) is 13.5. The van der Waals surface area contributed by atoms with Crippen LogP contribution in [0.4, 0.5) is 5.69 Å². The molecule has 0 spiro atoms. The lowest BCUT2D eigenvalue weighted by molar-refractivity contribution is 0.473. The number of phenols is 1. The van der Waals surface area contributed by atoms with Crippen LogP contribution in [0.1, 0.15) is 10.4 Å². The van der Waals surface area contributed by atoms with Gasteiger partial charge in [0.2, 0.25) is 0 Å². The van der Waals surface area contributed by atoms with Gasteiger partial charge in [0.15, 0.2) is 4.47 Å². The van der Waals surface area contributed by atoms with E-state index in [0.717, 1.165) is 10.4 Å². The Kier molecular flexibility index (Phi) is 3.76. The van der Waals surface area contributed by atoms with Crippen LogP contribution < -0.4 is 5.32 Å². The van der Waals surface area contributed by atoms with Crippen LogP contribution in [0.2, 0.25) is 9.49 Å². The fraction of sp³-hybridized carbons (Fsp3) is 0.182. The van der Waals surface area contributed by atoms with Gasteiger partial charge in [-0.3, -0.25) is 0 Å². The molecule has 2 N–H and O–H groups in total. The number of halogens is 2. The highest BCUT2D eigenvalue weighted by atomic mass is 35.5. The van der Waals surface area contributed by atoms with Crippen molar-refractivity contribution < 1.29 is 5.11 Å². The summed E-state index contributed by atoms with van der Waals surface area (Å²) in [7, 11) is 0. The van der Waals surface area contributed by atoms with E-state index in [4.69, 9.17) is 23.2 Å². The summed E-state index contributed by atoms with van der Waals surface area (Å²) >= 11 is 13.1. The van der Waals surface area contributed by atoms with Gasteiger partial charge in [0, 0.05) is 16.1 Å². The average Bonchev–Trinajstić information content (AvgIpc) is 2.67. The van der Waals surface area contributed by atoms with E-state index in [1.807, 2.05) is 0 Å². The lowest BCUT2D eigenvalue weighted by Gasteiger charge is -2.09. The molecular formula is C11H10Cl2N2OS. The topological polar surface area (TPSA) is 45.2 Å². The van der Waals surface area contributed by atoms with Crippen molar-refractivity contribution in [3.05, 3.63) is 38.3 Å². The Balaban J connectivity index is 2.14. The average molecular weight is 289 g/mol. The molecule has 1 heterocycles. The molecule has 0 aliphatic rings. The monoisotopic (exact) mass is 288 g/mol. The van der Waals surface area contributed by atoms with Crippen LogP contribution >= 0.6 is 34.5 Å². The summed E-state index contributed by atoms with van der Waals surface area (Å²) in [6.07, 6.45) is 1.70. The van der Waals surface area contributed by atoms with Gasteiger partial charge >= 0.3 is 0 Å². The first kappa shape index (κ1) is 12.5. The maximum atomic E-state index is 9.85. The van der Waals surface area contributed by atoms with Gasteiger partial charge in [-0.25, -0.2) is 4.98 Å². The normalized spacial score (nSPS) is 10.5. The second-order valence-electron chi connectivity index (χ2n) is 3.55. The van der Waals surface area contributed by atoms with Crippen LogP contribution in [0.3, 0.4) is 0 Å². The van der Waals surface area contributed by atoms with Crippen LogP contribution in [-0.4, -0.2) is 10.1 Å². The second-order valence-corrected chi connectivity index (χ2v) is 5.69. The molecule has 0 radical (unpaired) electrons. The third kappa shape index (κ3) is 3.03. The van der Waals surface area contributed by atoms with Crippen molar-refractivity contribution in [2.24, 2.45) is 0 Å². The predicted molar refractivity (Wildman–Crippen MR) is 72.3 cm³/mol. The maximum absolute atomic E-state index is 9.85. The molecule has 0 bridgehead atoms. The Morgan fingerprint density at radius 2 is 2.18 bits per heavy atom. The second kappa shape index (κ2) is 5.12. The lowest BCUT2D eigenvalue weighted by atomic mass is 10.2. The fourth-order valence-corrected chi connectivity index (χ4v) is 2.61. The van der Waals surface area contributed by atoms with Crippen LogP contribution in [0.25, 0.3) is 0 Å². The molecule has 0 atom stereocenters. The number of nitrogens with one attached hydrogen (secondary N) is 1. The Hall–Kier alpha value is -0.970. The van der Waals surface area contributed by atoms with E-state index in [-0.39, 0.29) is 5.75 Å². The Labute approximate surface area is 113 Å². The first-order valence-electron chi connectivity index (χ1n) is 4.89. The van der Waals surface area contributed by atoms with E-state index in [9.17, 15) is 5.11 Å². The predicted octanol–water partition coefficient (Wildman–Crippen LogP) is 4.08. The third-order valence-corrected chi connectivity index (χ3v) is 3.58. The van der Waals surface area contributed by atoms with Gasteiger partial charge in [0.1, 0.15) is 5.75 Å².